The standard InChI is InChI=1S/C13H19N3O2/c14-10-11-2-1-5-15-12(11)16-6-3-13(4-7-16)17-8-9-18-13/h1-2,5H,3-4,6-10,14H2. The van der Waals surface area contributed by atoms with Crippen LogP contribution in [0.1, 0.15) is 18.4 Å². The largest absolute Gasteiger partial charge is 0.356 e. The summed E-state index contributed by atoms with van der Waals surface area (Å²) < 4.78 is 11.5. The monoisotopic (exact) mass is 249 g/mol. The summed E-state index contributed by atoms with van der Waals surface area (Å²) in [5.74, 6) is 0.682. The fourth-order valence-corrected chi connectivity index (χ4v) is 2.72. The summed E-state index contributed by atoms with van der Waals surface area (Å²) in [7, 11) is 0. The van der Waals surface area contributed by atoms with Gasteiger partial charge in [-0.2, -0.15) is 0 Å². The maximum absolute atomic E-state index is 5.76. The molecule has 2 fully saturated rings. The first-order valence-corrected chi connectivity index (χ1v) is 6.50. The molecule has 0 aliphatic carbocycles. The van der Waals surface area contributed by atoms with Crippen LogP contribution >= 0.6 is 0 Å². The number of nitrogens with two attached hydrogens (primary N) is 1. The van der Waals surface area contributed by atoms with Gasteiger partial charge >= 0.3 is 0 Å². The Balaban J connectivity index is 1.72. The predicted molar refractivity (Wildman–Crippen MR) is 68.2 cm³/mol. The van der Waals surface area contributed by atoms with Gasteiger partial charge in [-0.05, 0) is 6.07 Å². The van der Waals surface area contributed by atoms with Crippen LogP contribution in [0.2, 0.25) is 0 Å². The summed E-state index contributed by atoms with van der Waals surface area (Å²) >= 11 is 0. The highest BCUT2D eigenvalue weighted by atomic mass is 16.7. The van der Waals surface area contributed by atoms with Crippen LogP contribution < -0.4 is 10.6 Å². The minimum absolute atomic E-state index is 0.325. The molecule has 2 N–H and O–H groups in total. The second-order valence-corrected chi connectivity index (χ2v) is 4.78. The fraction of sp³-hybridized carbons (Fsp3) is 0.615. The van der Waals surface area contributed by atoms with Gasteiger partial charge in [0.1, 0.15) is 5.82 Å². The van der Waals surface area contributed by atoms with E-state index in [4.69, 9.17) is 15.2 Å². The maximum atomic E-state index is 5.76. The topological polar surface area (TPSA) is 60.6 Å². The van der Waals surface area contributed by atoms with Crippen molar-refractivity contribution in [1.29, 1.82) is 0 Å². The predicted octanol–water partition coefficient (Wildman–Crippen LogP) is 0.884. The molecule has 98 valence electrons. The zero-order valence-electron chi connectivity index (χ0n) is 10.5. The number of ether oxygens (including phenoxy) is 2. The van der Waals surface area contributed by atoms with Crippen molar-refractivity contribution in [1.82, 2.24) is 4.98 Å². The fourth-order valence-electron chi connectivity index (χ4n) is 2.72. The Morgan fingerprint density at radius 2 is 2.00 bits per heavy atom. The van der Waals surface area contributed by atoms with E-state index < -0.39 is 0 Å². The van der Waals surface area contributed by atoms with Crippen LogP contribution in [0.3, 0.4) is 0 Å². The number of piperidine rings is 1. The lowest BCUT2D eigenvalue weighted by Crippen LogP contribution is -2.45. The van der Waals surface area contributed by atoms with Gasteiger partial charge in [-0.3, -0.25) is 0 Å². The van der Waals surface area contributed by atoms with Crippen molar-refractivity contribution in [2.45, 2.75) is 25.2 Å². The number of rotatable bonds is 2. The SMILES string of the molecule is NCc1cccnc1N1CCC2(CC1)OCCO2. The van der Waals surface area contributed by atoms with E-state index in [-0.39, 0.29) is 5.79 Å². The van der Waals surface area contributed by atoms with Crippen LogP contribution in [0.25, 0.3) is 0 Å². The van der Waals surface area contributed by atoms with Gasteiger partial charge in [0, 0.05) is 44.2 Å². The van der Waals surface area contributed by atoms with Gasteiger partial charge in [-0.25, -0.2) is 4.98 Å². The minimum atomic E-state index is -0.325. The van der Waals surface area contributed by atoms with Crippen LogP contribution in [0.5, 0.6) is 0 Å². The highest BCUT2D eigenvalue weighted by molar-refractivity contribution is 5.47. The lowest BCUT2D eigenvalue weighted by Gasteiger charge is -2.38. The lowest BCUT2D eigenvalue weighted by molar-refractivity contribution is -0.169. The molecule has 2 aliphatic rings. The molecular formula is C13H19N3O2. The molecule has 0 amide bonds. The number of pyridine rings is 1. The highest BCUT2D eigenvalue weighted by Gasteiger charge is 2.40. The van der Waals surface area contributed by atoms with Crippen molar-refractivity contribution < 1.29 is 9.47 Å². The molecule has 2 aliphatic heterocycles. The third-order valence-electron chi connectivity index (χ3n) is 3.73. The van der Waals surface area contributed by atoms with Crippen LogP contribution in [0.4, 0.5) is 5.82 Å². The van der Waals surface area contributed by atoms with E-state index in [1.807, 2.05) is 18.3 Å². The van der Waals surface area contributed by atoms with E-state index in [0.29, 0.717) is 6.54 Å². The van der Waals surface area contributed by atoms with Gasteiger partial charge in [0.05, 0.1) is 13.2 Å². The molecule has 1 aromatic rings. The van der Waals surface area contributed by atoms with E-state index in [1.165, 1.54) is 0 Å². The molecule has 1 spiro atoms. The van der Waals surface area contributed by atoms with Gasteiger partial charge in [0.2, 0.25) is 0 Å². The van der Waals surface area contributed by atoms with Gasteiger partial charge < -0.3 is 20.1 Å². The highest BCUT2D eigenvalue weighted by Crippen LogP contribution is 2.33. The van der Waals surface area contributed by atoms with Crippen molar-refractivity contribution in [2.75, 3.05) is 31.2 Å². The average Bonchev–Trinajstić information content (AvgIpc) is 2.88. The van der Waals surface area contributed by atoms with E-state index in [2.05, 4.69) is 9.88 Å². The summed E-state index contributed by atoms with van der Waals surface area (Å²) in [6.45, 7) is 3.78. The lowest BCUT2D eigenvalue weighted by atomic mass is 10.0. The maximum Gasteiger partial charge on any atom is 0.171 e. The smallest absolute Gasteiger partial charge is 0.171 e. The summed E-state index contributed by atoms with van der Waals surface area (Å²) in [6, 6.07) is 3.97. The molecule has 0 bridgehead atoms. The molecule has 3 rings (SSSR count). The van der Waals surface area contributed by atoms with E-state index >= 15 is 0 Å². The Morgan fingerprint density at radius 3 is 2.67 bits per heavy atom. The molecule has 1 aromatic heterocycles. The Hall–Kier alpha value is -1.17. The first kappa shape index (κ1) is 11.9. The second-order valence-electron chi connectivity index (χ2n) is 4.78. The zero-order valence-corrected chi connectivity index (χ0v) is 10.5. The van der Waals surface area contributed by atoms with E-state index in [0.717, 1.165) is 50.5 Å². The summed E-state index contributed by atoms with van der Waals surface area (Å²) in [6.07, 6.45) is 3.61. The number of aromatic nitrogens is 1. The van der Waals surface area contributed by atoms with E-state index in [1.54, 1.807) is 0 Å². The molecular weight excluding hydrogens is 230 g/mol. The van der Waals surface area contributed by atoms with Gasteiger partial charge in [0.25, 0.3) is 0 Å². The number of nitrogens with zero attached hydrogens (tertiary/aromatic N) is 2. The summed E-state index contributed by atoms with van der Waals surface area (Å²) in [5, 5.41) is 0. The van der Waals surface area contributed by atoms with Crippen LogP contribution in [0.15, 0.2) is 18.3 Å². The Bertz CT molecular complexity index is 408. The summed E-state index contributed by atoms with van der Waals surface area (Å²) in [4.78, 5) is 6.73. The Labute approximate surface area is 107 Å². The third-order valence-corrected chi connectivity index (χ3v) is 3.73. The molecule has 18 heavy (non-hydrogen) atoms. The van der Waals surface area contributed by atoms with Crippen molar-refractivity contribution in [2.24, 2.45) is 5.73 Å². The van der Waals surface area contributed by atoms with Crippen molar-refractivity contribution in [3.05, 3.63) is 23.9 Å². The van der Waals surface area contributed by atoms with Crippen molar-refractivity contribution in [3.63, 3.8) is 0 Å². The van der Waals surface area contributed by atoms with Gasteiger partial charge in [-0.1, -0.05) is 6.07 Å². The van der Waals surface area contributed by atoms with Crippen molar-refractivity contribution >= 4 is 5.82 Å². The van der Waals surface area contributed by atoms with Crippen LogP contribution in [-0.4, -0.2) is 37.1 Å². The zero-order chi connectivity index (χ0) is 12.4. The molecule has 5 heteroatoms. The first-order chi connectivity index (χ1) is 8.83. The second kappa shape index (κ2) is 4.84. The van der Waals surface area contributed by atoms with Crippen LogP contribution in [-0.2, 0) is 16.0 Å². The van der Waals surface area contributed by atoms with Crippen molar-refractivity contribution in [3.8, 4) is 0 Å². The molecule has 0 aromatic carbocycles. The van der Waals surface area contributed by atoms with E-state index in [9.17, 15) is 0 Å². The molecule has 0 atom stereocenters. The Morgan fingerprint density at radius 1 is 1.28 bits per heavy atom. The minimum Gasteiger partial charge on any atom is -0.356 e. The molecule has 0 saturated carbocycles. The van der Waals surface area contributed by atoms with Crippen LogP contribution in [0, 0.1) is 0 Å². The first-order valence-electron chi connectivity index (χ1n) is 6.50. The quantitative estimate of drug-likeness (QED) is 0.843. The molecule has 0 unspecified atom stereocenters. The molecule has 0 radical (unpaired) electrons. The van der Waals surface area contributed by atoms with Gasteiger partial charge in [0.15, 0.2) is 5.79 Å². The molecule has 2 saturated heterocycles. The number of hydrogen-bond donors (Lipinski definition) is 1. The molecule has 5 nitrogen and oxygen atoms in total. The normalized spacial score (nSPS) is 22.6. The third kappa shape index (κ3) is 2.09. The summed E-state index contributed by atoms with van der Waals surface area (Å²) in [5.41, 5.74) is 6.86. The number of hydrogen-bond acceptors (Lipinski definition) is 5. The van der Waals surface area contributed by atoms with Gasteiger partial charge in [-0.15, -0.1) is 0 Å². The number of anilines is 1. The Kier molecular flexibility index (Phi) is 3.20. The average molecular weight is 249 g/mol. The molecule has 3 heterocycles.